The van der Waals surface area contributed by atoms with E-state index in [1.807, 2.05) is 36.4 Å². The Morgan fingerprint density at radius 2 is 1.73 bits per heavy atom. The van der Waals surface area contributed by atoms with Gasteiger partial charge in [0.1, 0.15) is 5.78 Å². The third-order valence-corrected chi connectivity index (χ3v) is 6.82. The summed E-state index contributed by atoms with van der Waals surface area (Å²) in [7, 11) is 0. The summed E-state index contributed by atoms with van der Waals surface area (Å²) in [4.78, 5) is 27.9. The van der Waals surface area contributed by atoms with Crippen LogP contribution >= 0.6 is 11.6 Å². The fourth-order valence-electron chi connectivity index (χ4n) is 4.54. The monoisotopic (exact) mass is 470 g/mol. The number of rotatable bonds is 6. The minimum absolute atomic E-state index is 0.150. The van der Waals surface area contributed by atoms with Gasteiger partial charge in [-0.05, 0) is 68.1 Å². The van der Waals surface area contributed by atoms with E-state index in [4.69, 9.17) is 11.6 Å². The smallest absolute Gasteiger partial charge is 0.321 e. The Morgan fingerprint density at radius 3 is 2.36 bits per heavy atom. The van der Waals surface area contributed by atoms with Crippen LogP contribution < -0.4 is 15.5 Å². The fourth-order valence-corrected chi connectivity index (χ4v) is 4.66. The van der Waals surface area contributed by atoms with Gasteiger partial charge in [-0.15, -0.1) is 0 Å². The lowest BCUT2D eigenvalue weighted by atomic mass is 9.84. The zero-order valence-electron chi connectivity index (χ0n) is 18.9. The van der Waals surface area contributed by atoms with Crippen molar-refractivity contribution < 1.29 is 14.7 Å². The first-order valence-electron chi connectivity index (χ1n) is 11.4. The number of hydrogen-bond donors (Lipinski definition) is 3. The summed E-state index contributed by atoms with van der Waals surface area (Å²) in [6.07, 6.45) is 1.96. The van der Waals surface area contributed by atoms with Crippen LogP contribution in [0, 0.1) is 0 Å². The number of ketones is 1. The number of likely N-dealkylation sites (tertiary alicyclic amines) is 1. The number of carbonyl (C=O) groups is 2. The maximum Gasteiger partial charge on any atom is 0.321 e. The predicted molar refractivity (Wildman–Crippen MR) is 131 cm³/mol. The van der Waals surface area contributed by atoms with E-state index in [1.165, 1.54) is 0 Å². The van der Waals surface area contributed by atoms with Crippen LogP contribution in [0.4, 0.5) is 16.2 Å². The van der Waals surface area contributed by atoms with Gasteiger partial charge in [0.25, 0.3) is 0 Å². The van der Waals surface area contributed by atoms with E-state index >= 15 is 0 Å². The number of benzene rings is 2. The molecule has 176 valence electrons. The van der Waals surface area contributed by atoms with Gasteiger partial charge in [-0.25, -0.2) is 4.79 Å². The Kier molecular flexibility index (Phi) is 7.22. The number of piperidine rings is 1. The topological polar surface area (TPSA) is 84.9 Å². The predicted octanol–water partition coefficient (Wildman–Crippen LogP) is 3.61. The minimum atomic E-state index is -0.935. The highest BCUT2D eigenvalue weighted by Gasteiger charge is 2.35. The first kappa shape index (κ1) is 23.5. The second-order valence-electron chi connectivity index (χ2n) is 9.02. The number of anilines is 2. The summed E-state index contributed by atoms with van der Waals surface area (Å²) in [5.74, 6) is 0.150. The third-order valence-electron chi connectivity index (χ3n) is 6.57. The van der Waals surface area contributed by atoms with Gasteiger partial charge in [0, 0.05) is 48.6 Å². The normalized spacial score (nSPS) is 20.0. The molecule has 8 heteroatoms. The average Bonchev–Trinajstić information content (AvgIpc) is 3.28. The van der Waals surface area contributed by atoms with Crippen LogP contribution in [0.5, 0.6) is 0 Å². The molecule has 0 radical (unpaired) electrons. The molecule has 2 aromatic carbocycles. The maximum absolute atomic E-state index is 12.7. The molecule has 0 aliphatic carbocycles. The summed E-state index contributed by atoms with van der Waals surface area (Å²) in [6.45, 7) is 4.76. The van der Waals surface area contributed by atoms with Crippen LogP contribution in [0.2, 0.25) is 5.02 Å². The molecule has 2 aliphatic rings. The Morgan fingerprint density at radius 1 is 1.06 bits per heavy atom. The molecule has 1 unspecified atom stereocenters. The van der Waals surface area contributed by atoms with Crippen molar-refractivity contribution in [3.63, 3.8) is 0 Å². The van der Waals surface area contributed by atoms with Crippen molar-refractivity contribution in [2.45, 2.75) is 37.8 Å². The Bertz CT molecular complexity index is 972. The van der Waals surface area contributed by atoms with E-state index in [9.17, 15) is 14.7 Å². The highest BCUT2D eigenvalue weighted by Crippen LogP contribution is 2.33. The number of urea groups is 1. The molecule has 0 aromatic heterocycles. The average molecular weight is 471 g/mol. The molecular weight excluding hydrogens is 440 g/mol. The van der Waals surface area contributed by atoms with Crippen molar-refractivity contribution in [1.82, 2.24) is 10.2 Å². The molecule has 4 rings (SSSR count). The Hall–Kier alpha value is -2.61. The van der Waals surface area contributed by atoms with Crippen molar-refractivity contribution in [1.29, 1.82) is 0 Å². The van der Waals surface area contributed by atoms with Crippen LogP contribution in [0.15, 0.2) is 48.5 Å². The van der Waals surface area contributed by atoms with Crippen molar-refractivity contribution in [3.8, 4) is 0 Å². The van der Waals surface area contributed by atoms with Gasteiger partial charge in [0.15, 0.2) is 0 Å². The van der Waals surface area contributed by atoms with Crippen LogP contribution in [-0.2, 0) is 10.4 Å². The van der Waals surface area contributed by atoms with Crippen molar-refractivity contribution >= 4 is 34.8 Å². The fraction of sp³-hybridized carbons (Fsp3) is 0.440. The van der Waals surface area contributed by atoms with Crippen molar-refractivity contribution in [2.75, 3.05) is 42.9 Å². The van der Waals surface area contributed by atoms with E-state index in [-0.39, 0.29) is 11.8 Å². The van der Waals surface area contributed by atoms with Crippen LogP contribution in [0.3, 0.4) is 0 Å². The van der Waals surface area contributed by atoms with Gasteiger partial charge < -0.3 is 25.5 Å². The molecular formula is C25H31ClN4O3. The maximum atomic E-state index is 12.7. The molecule has 0 bridgehead atoms. The van der Waals surface area contributed by atoms with E-state index in [2.05, 4.69) is 15.5 Å². The molecule has 2 aromatic rings. The second-order valence-corrected chi connectivity index (χ2v) is 9.45. The highest BCUT2D eigenvalue weighted by atomic mass is 35.5. The SMILES string of the molecule is CC(=O)CNC1CCN(c2ccc(NC(=O)N3CCC(O)(c4ccc(Cl)cc4)CC3)cc2)C1. The summed E-state index contributed by atoms with van der Waals surface area (Å²) in [5.41, 5.74) is 1.75. The molecule has 2 saturated heterocycles. The van der Waals surface area contributed by atoms with Crippen LogP contribution in [0.1, 0.15) is 31.7 Å². The zero-order chi connectivity index (χ0) is 23.4. The third kappa shape index (κ3) is 5.85. The van der Waals surface area contributed by atoms with E-state index in [1.54, 1.807) is 24.0 Å². The summed E-state index contributed by atoms with van der Waals surface area (Å²) < 4.78 is 0. The Labute approximate surface area is 199 Å². The van der Waals surface area contributed by atoms with Gasteiger partial charge in [-0.1, -0.05) is 23.7 Å². The summed E-state index contributed by atoms with van der Waals surface area (Å²) in [6, 6.07) is 15.3. The lowest BCUT2D eigenvalue weighted by molar-refractivity contribution is -0.116. The molecule has 7 nitrogen and oxygen atoms in total. The number of nitrogens with zero attached hydrogens (tertiary/aromatic N) is 2. The molecule has 0 saturated carbocycles. The highest BCUT2D eigenvalue weighted by molar-refractivity contribution is 6.30. The standard InChI is InChI=1S/C25H31ClN4O3/c1-18(31)16-27-22-10-13-30(17-22)23-8-6-21(7-9-23)28-24(32)29-14-11-25(33,12-15-29)19-2-4-20(26)5-3-19/h2-9,22,27,33H,10-17H2,1H3,(H,28,32). The van der Waals surface area contributed by atoms with Crippen molar-refractivity contribution in [2.24, 2.45) is 0 Å². The van der Waals surface area contributed by atoms with Gasteiger partial charge in [0.05, 0.1) is 12.1 Å². The number of hydrogen-bond acceptors (Lipinski definition) is 5. The second kappa shape index (κ2) is 10.1. The molecule has 0 spiro atoms. The van der Waals surface area contributed by atoms with Crippen LogP contribution in [-0.4, -0.2) is 60.6 Å². The first-order chi connectivity index (χ1) is 15.8. The molecule has 2 fully saturated rings. The van der Waals surface area contributed by atoms with E-state index in [0.717, 1.165) is 36.4 Å². The first-order valence-corrected chi connectivity index (χ1v) is 11.8. The zero-order valence-corrected chi connectivity index (χ0v) is 19.6. The lowest BCUT2D eigenvalue weighted by Crippen LogP contribution is -2.46. The van der Waals surface area contributed by atoms with Gasteiger partial charge in [-0.3, -0.25) is 4.79 Å². The minimum Gasteiger partial charge on any atom is -0.385 e. The van der Waals surface area contributed by atoms with Gasteiger partial charge in [-0.2, -0.15) is 0 Å². The molecule has 1 atom stereocenters. The van der Waals surface area contributed by atoms with Gasteiger partial charge >= 0.3 is 6.03 Å². The largest absolute Gasteiger partial charge is 0.385 e. The van der Waals surface area contributed by atoms with E-state index in [0.29, 0.717) is 43.5 Å². The number of nitrogens with one attached hydrogen (secondary N) is 2. The molecule has 33 heavy (non-hydrogen) atoms. The lowest BCUT2D eigenvalue weighted by Gasteiger charge is -2.38. The number of Topliss-reactive ketones (excluding diaryl/α,β-unsaturated/α-hetero) is 1. The van der Waals surface area contributed by atoms with Crippen LogP contribution in [0.25, 0.3) is 0 Å². The molecule has 2 amide bonds. The molecule has 2 heterocycles. The number of aliphatic hydroxyl groups is 1. The van der Waals surface area contributed by atoms with Crippen molar-refractivity contribution in [3.05, 3.63) is 59.1 Å². The quantitative estimate of drug-likeness (QED) is 0.600. The molecule has 2 aliphatic heterocycles. The summed E-state index contributed by atoms with van der Waals surface area (Å²) >= 11 is 5.95. The number of carbonyl (C=O) groups excluding carboxylic acids is 2. The molecule has 3 N–H and O–H groups in total. The Balaban J connectivity index is 1.27. The summed E-state index contributed by atoms with van der Waals surface area (Å²) in [5, 5.41) is 17.9. The van der Waals surface area contributed by atoms with E-state index < -0.39 is 5.60 Å². The van der Waals surface area contributed by atoms with Gasteiger partial charge in [0.2, 0.25) is 0 Å². The number of amides is 2. The number of halogens is 1.